The number of amides is 1. The molecule has 0 saturated heterocycles. The number of carbonyl (C=O) groups excluding carboxylic acids is 1. The minimum absolute atomic E-state index is 0.318. The number of rotatable bonds is 4. The normalized spacial score (nSPS) is 11.1. The summed E-state index contributed by atoms with van der Waals surface area (Å²) in [4.78, 5) is 21.0. The second-order valence-electron chi connectivity index (χ2n) is 4.17. The van der Waals surface area contributed by atoms with Crippen molar-refractivity contribution >= 4 is 11.9 Å². The first-order chi connectivity index (χ1) is 6.36. The van der Waals surface area contributed by atoms with Gasteiger partial charge in [0.2, 0.25) is 0 Å². The molecule has 0 saturated carbocycles. The zero-order chi connectivity index (χ0) is 11.3. The topological polar surface area (TPSA) is 66.4 Å². The maximum absolute atomic E-state index is 10.8. The van der Waals surface area contributed by atoms with Crippen molar-refractivity contribution in [2.24, 2.45) is 17.8 Å². The van der Waals surface area contributed by atoms with E-state index in [1.165, 1.54) is 0 Å². The van der Waals surface area contributed by atoms with Gasteiger partial charge < -0.3 is 10.4 Å². The van der Waals surface area contributed by atoms with Crippen LogP contribution in [-0.2, 0) is 9.59 Å². The van der Waals surface area contributed by atoms with Crippen LogP contribution in [0.2, 0.25) is 0 Å². The Morgan fingerprint density at radius 2 is 1.57 bits per heavy atom. The molecule has 0 aromatic heterocycles. The quantitative estimate of drug-likeness (QED) is 0.670. The third kappa shape index (κ3) is 4.25. The molecular weight excluding hydrogens is 182 g/mol. The predicted molar refractivity (Wildman–Crippen MR) is 53.8 cm³/mol. The van der Waals surface area contributed by atoms with Crippen LogP contribution in [0.4, 0.5) is 0 Å². The molecule has 14 heavy (non-hydrogen) atoms. The van der Waals surface area contributed by atoms with Crippen LogP contribution >= 0.6 is 0 Å². The van der Waals surface area contributed by atoms with E-state index in [9.17, 15) is 9.59 Å². The highest BCUT2D eigenvalue weighted by atomic mass is 16.4. The first-order valence-corrected chi connectivity index (χ1v) is 4.87. The minimum Gasteiger partial charge on any atom is -0.474 e. The van der Waals surface area contributed by atoms with E-state index < -0.39 is 11.9 Å². The van der Waals surface area contributed by atoms with Gasteiger partial charge in [-0.15, -0.1) is 0 Å². The first kappa shape index (κ1) is 12.9. The number of carbonyl (C=O) groups is 2. The number of nitrogens with one attached hydrogen (secondary N) is 1. The van der Waals surface area contributed by atoms with Gasteiger partial charge >= 0.3 is 11.9 Å². The van der Waals surface area contributed by atoms with Crippen LogP contribution in [0, 0.1) is 17.8 Å². The Labute approximate surface area is 84.7 Å². The molecule has 4 heteroatoms. The molecule has 0 rings (SSSR count). The number of carboxylic acid groups (broad SMARTS) is 1. The van der Waals surface area contributed by atoms with Gasteiger partial charge in [-0.2, -0.15) is 0 Å². The van der Waals surface area contributed by atoms with Crippen LogP contribution in [0.5, 0.6) is 0 Å². The lowest BCUT2D eigenvalue weighted by Gasteiger charge is -2.24. The fraction of sp³-hybridized carbons (Fsp3) is 0.800. The average Bonchev–Trinajstić information content (AvgIpc) is 2.02. The standard InChI is InChI=1S/C10H19NO3/c1-6(2)8(7(3)4)5-11-9(12)10(13)14/h6-8H,5H2,1-4H3,(H,11,12)(H,13,14). The summed E-state index contributed by atoms with van der Waals surface area (Å²) in [6, 6.07) is 0. The summed E-state index contributed by atoms with van der Waals surface area (Å²) < 4.78 is 0. The van der Waals surface area contributed by atoms with Crippen molar-refractivity contribution < 1.29 is 14.7 Å². The van der Waals surface area contributed by atoms with Crippen LogP contribution in [0.25, 0.3) is 0 Å². The summed E-state index contributed by atoms with van der Waals surface area (Å²) in [5.74, 6) is -1.15. The molecule has 0 aliphatic carbocycles. The van der Waals surface area contributed by atoms with E-state index in [1.54, 1.807) is 0 Å². The Hall–Kier alpha value is -1.06. The van der Waals surface area contributed by atoms with Crippen molar-refractivity contribution in [3.63, 3.8) is 0 Å². The smallest absolute Gasteiger partial charge is 0.394 e. The van der Waals surface area contributed by atoms with E-state index >= 15 is 0 Å². The Morgan fingerprint density at radius 1 is 1.14 bits per heavy atom. The van der Waals surface area contributed by atoms with Crippen LogP contribution in [0.3, 0.4) is 0 Å². The summed E-state index contributed by atoms with van der Waals surface area (Å²) in [6.07, 6.45) is 0. The Bertz CT molecular complexity index is 203. The number of aliphatic carboxylic acids is 1. The molecule has 4 nitrogen and oxygen atoms in total. The third-order valence-electron chi connectivity index (χ3n) is 2.41. The first-order valence-electron chi connectivity index (χ1n) is 4.87. The lowest BCUT2D eigenvalue weighted by molar-refractivity contribution is -0.150. The molecule has 2 N–H and O–H groups in total. The second-order valence-corrected chi connectivity index (χ2v) is 4.17. The van der Waals surface area contributed by atoms with E-state index in [4.69, 9.17) is 5.11 Å². The predicted octanol–water partition coefficient (Wildman–Crippen LogP) is 1.12. The molecule has 0 spiro atoms. The fourth-order valence-corrected chi connectivity index (χ4v) is 1.53. The molecule has 1 amide bonds. The summed E-state index contributed by atoms with van der Waals surface area (Å²) in [6.45, 7) is 8.70. The summed E-state index contributed by atoms with van der Waals surface area (Å²) in [5, 5.41) is 10.8. The fourth-order valence-electron chi connectivity index (χ4n) is 1.53. The van der Waals surface area contributed by atoms with Crippen molar-refractivity contribution in [1.29, 1.82) is 0 Å². The third-order valence-corrected chi connectivity index (χ3v) is 2.41. The summed E-state index contributed by atoms with van der Waals surface area (Å²) in [7, 11) is 0. The molecule has 0 atom stereocenters. The monoisotopic (exact) mass is 201 g/mol. The van der Waals surface area contributed by atoms with Gasteiger partial charge in [0.25, 0.3) is 0 Å². The van der Waals surface area contributed by atoms with Crippen molar-refractivity contribution in [2.75, 3.05) is 6.54 Å². The minimum atomic E-state index is -1.42. The number of hydrogen-bond acceptors (Lipinski definition) is 2. The maximum atomic E-state index is 10.8. The molecule has 0 fully saturated rings. The molecule has 0 heterocycles. The van der Waals surface area contributed by atoms with Crippen molar-refractivity contribution in [1.82, 2.24) is 5.32 Å². The van der Waals surface area contributed by atoms with Crippen molar-refractivity contribution in [3.8, 4) is 0 Å². The van der Waals surface area contributed by atoms with E-state index in [1.807, 2.05) is 0 Å². The average molecular weight is 201 g/mol. The van der Waals surface area contributed by atoms with E-state index in [2.05, 4.69) is 33.0 Å². The van der Waals surface area contributed by atoms with E-state index in [-0.39, 0.29) is 0 Å². The molecule has 0 unspecified atom stereocenters. The van der Waals surface area contributed by atoms with Crippen molar-refractivity contribution in [2.45, 2.75) is 27.7 Å². The SMILES string of the molecule is CC(C)C(CNC(=O)C(=O)O)C(C)C. The van der Waals surface area contributed by atoms with Gasteiger partial charge in [0, 0.05) is 6.54 Å². The molecule has 0 aromatic carbocycles. The second kappa shape index (κ2) is 5.62. The zero-order valence-corrected chi connectivity index (χ0v) is 9.20. The molecule has 0 bridgehead atoms. The highest BCUT2D eigenvalue weighted by Crippen LogP contribution is 2.19. The van der Waals surface area contributed by atoms with Gasteiger partial charge in [-0.05, 0) is 17.8 Å². The lowest BCUT2D eigenvalue weighted by atomic mass is 9.85. The van der Waals surface area contributed by atoms with E-state index in [0.717, 1.165) is 0 Å². The van der Waals surface area contributed by atoms with Gasteiger partial charge in [-0.3, -0.25) is 4.79 Å². The molecule has 0 aliphatic rings. The largest absolute Gasteiger partial charge is 0.474 e. The van der Waals surface area contributed by atoms with Crippen LogP contribution in [0.1, 0.15) is 27.7 Å². The van der Waals surface area contributed by atoms with Gasteiger partial charge in [0.15, 0.2) is 0 Å². The lowest BCUT2D eigenvalue weighted by Crippen LogP contribution is -2.37. The molecule has 0 radical (unpaired) electrons. The van der Waals surface area contributed by atoms with Crippen LogP contribution in [0.15, 0.2) is 0 Å². The van der Waals surface area contributed by atoms with Gasteiger partial charge in [-0.1, -0.05) is 27.7 Å². The van der Waals surface area contributed by atoms with Crippen molar-refractivity contribution in [3.05, 3.63) is 0 Å². The Kier molecular flexibility index (Phi) is 5.20. The highest BCUT2D eigenvalue weighted by molar-refractivity contribution is 6.31. The van der Waals surface area contributed by atoms with Crippen LogP contribution < -0.4 is 5.32 Å². The Morgan fingerprint density at radius 3 is 1.86 bits per heavy atom. The molecule has 0 aliphatic heterocycles. The highest BCUT2D eigenvalue weighted by Gasteiger charge is 2.19. The Balaban J connectivity index is 4.07. The number of hydrogen-bond donors (Lipinski definition) is 2. The molecule has 0 aromatic rings. The maximum Gasteiger partial charge on any atom is 0.394 e. The zero-order valence-electron chi connectivity index (χ0n) is 9.20. The summed E-state index contributed by atoms with van der Waals surface area (Å²) in [5.41, 5.74) is 0. The molecular formula is C10H19NO3. The molecule has 82 valence electrons. The van der Waals surface area contributed by atoms with Gasteiger partial charge in [0.05, 0.1) is 0 Å². The number of carboxylic acids is 1. The van der Waals surface area contributed by atoms with Crippen LogP contribution in [-0.4, -0.2) is 23.5 Å². The van der Waals surface area contributed by atoms with Gasteiger partial charge in [-0.25, -0.2) is 4.79 Å². The van der Waals surface area contributed by atoms with Gasteiger partial charge in [0.1, 0.15) is 0 Å². The van der Waals surface area contributed by atoms with E-state index in [0.29, 0.717) is 24.3 Å². The summed E-state index contributed by atoms with van der Waals surface area (Å²) >= 11 is 0.